The summed E-state index contributed by atoms with van der Waals surface area (Å²) in [6, 6.07) is 9.20. The second kappa shape index (κ2) is 8.56. The van der Waals surface area contributed by atoms with Crippen LogP contribution in [0.3, 0.4) is 0 Å². The van der Waals surface area contributed by atoms with Gasteiger partial charge in [0.1, 0.15) is 11.4 Å². The molecule has 2 aliphatic heterocycles. The van der Waals surface area contributed by atoms with Crippen molar-refractivity contribution in [1.29, 1.82) is 0 Å². The number of carbonyl (C=O) groups is 2. The van der Waals surface area contributed by atoms with E-state index in [1.165, 1.54) is 0 Å². The molecule has 0 unspecified atom stereocenters. The van der Waals surface area contributed by atoms with Gasteiger partial charge in [0.15, 0.2) is 18.3 Å². The van der Waals surface area contributed by atoms with E-state index >= 15 is 0 Å². The zero-order chi connectivity index (χ0) is 22.0. The fourth-order valence-corrected chi connectivity index (χ4v) is 3.99. The molecule has 166 valence electrons. The van der Waals surface area contributed by atoms with Crippen molar-refractivity contribution in [3.8, 4) is 5.75 Å². The van der Waals surface area contributed by atoms with Gasteiger partial charge in [-0.1, -0.05) is 18.2 Å². The minimum atomic E-state index is -0.542. The lowest BCUT2D eigenvalue weighted by Gasteiger charge is -2.31. The number of nitrogens with zero attached hydrogens (tertiary/aromatic N) is 5. The molecule has 1 saturated heterocycles. The number of fused-ring (bicyclic) bond motifs is 1. The van der Waals surface area contributed by atoms with E-state index in [4.69, 9.17) is 9.47 Å². The number of ether oxygens (including phenoxy) is 2. The van der Waals surface area contributed by atoms with Gasteiger partial charge in [-0.3, -0.25) is 9.69 Å². The van der Waals surface area contributed by atoms with E-state index in [-0.39, 0.29) is 24.6 Å². The van der Waals surface area contributed by atoms with Crippen LogP contribution in [0.1, 0.15) is 51.3 Å². The highest BCUT2D eigenvalue weighted by Crippen LogP contribution is 2.32. The maximum absolute atomic E-state index is 12.8. The average Bonchev–Trinajstić information content (AvgIpc) is 3.37. The van der Waals surface area contributed by atoms with Crippen molar-refractivity contribution >= 4 is 12.0 Å². The summed E-state index contributed by atoms with van der Waals surface area (Å²) >= 11 is 0. The molecule has 0 aliphatic carbocycles. The molecule has 1 atom stereocenters. The first kappa shape index (κ1) is 21.1. The van der Waals surface area contributed by atoms with Crippen LogP contribution < -0.4 is 4.74 Å². The van der Waals surface area contributed by atoms with Crippen molar-refractivity contribution in [1.82, 2.24) is 24.6 Å². The van der Waals surface area contributed by atoms with Gasteiger partial charge in [-0.25, -0.2) is 4.79 Å². The topological polar surface area (TPSA) is 89.8 Å². The van der Waals surface area contributed by atoms with Crippen LogP contribution in [-0.4, -0.2) is 61.9 Å². The smallest absolute Gasteiger partial charge is 0.410 e. The van der Waals surface area contributed by atoms with E-state index in [9.17, 15) is 9.59 Å². The lowest BCUT2D eigenvalue weighted by Crippen LogP contribution is -2.42. The Bertz CT molecular complexity index is 937. The Morgan fingerprint density at radius 3 is 2.61 bits per heavy atom. The zero-order valence-corrected chi connectivity index (χ0v) is 18.3. The fourth-order valence-electron chi connectivity index (χ4n) is 3.99. The summed E-state index contributed by atoms with van der Waals surface area (Å²) in [5, 5.41) is 8.71. The summed E-state index contributed by atoms with van der Waals surface area (Å²) in [5.41, 5.74) is -0.542. The SMILES string of the molecule is CC(C)(C)OC(=O)N1CCn2c(nnc2[C@@H]2CCCN2C(=O)COc2ccccc2)C1. The minimum absolute atomic E-state index is 0.00602. The van der Waals surface area contributed by atoms with Gasteiger partial charge in [0.05, 0.1) is 12.6 Å². The lowest BCUT2D eigenvalue weighted by molar-refractivity contribution is -0.134. The van der Waals surface area contributed by atoms with E-state index < -0.39 is 5.60 Å². The second-order valence-corrected chi connectivity index (χ2v) is 8.87. The number of hydrogen-bond donors (Lipinski definition) is 0. The highest BCUT2D eigenvalue weighted by atomic mass is 16.6. The number of benzene rings is 1. The normalized spacial score (nSPS) is 18.6. The summed E-state index contributed by atoms with van der Waals surface area (Å²) in [5.74, 6) is 2.11. The molecule has 9 nitrogen and oxygen atoms in total. The number of rotatable bonds is 4. The standard InChI is InChI=1S/C22H29N5O4/c1-22(2,3)31-21(29)25-12-13-27-18(14-25)23-24-20(27)17-10-7-11-26(17)19(28)15-30-16-8-5-4-6-9-16/h4-6,8-9,17H,7,10-15H2,1-3H3/t17-/m0/s1. The molecule has 3 heterocycles. The van der Waals surface area contributed by atoms with Gasteiger partial charge < -0.3 is 18.9 Å². The summed E-state index contributed by atoms with van der Waals surface area (Å²) in [6.07, 6.45) is 1.40. The fraction of sp³-hybridized carbons (Fsp3) is 0.545. The Morgan fingerprint density at radius 1 is 1.10 bits per heavy atom. The predicted molar refractivity (Wildman–Crippen MR) is 112 cm³/mol. The van der Waals surface area contributed by atoms with Crippen molar-refractivity contribution in [3.63, 3.8) is 0 Å². The molecule has 4 rings (SSSR count). The minimum Gasteiger partial charge on any atom is -0.484 e. The largest absolute Gasteiger partial charge is 0.484 e. The number of carbonyl (C=O) groups excluding carboxylic acids is 2. The Balaban J connectivity index is 1.42. The van der Waals surface area contributed by atoms with E-state index in [2.05, 4.69) is 10.2 Å². The Morgan fingerprint density at radius 2 is 1.87 bits per heavy atom. The molecule has 2 amide bonds. The van der Waals surface area contributed by atoms with Gasteiger partial charge in [-0.05, 0) is 45.7 Å². The quantitative estimate of drug-likeness (QED) is 0.745. The van der Waals surface area contributed by atoms with Crippen LogP contribution in [0.15, 0.2) is 30.3 Å². The highest BCUT2D eigenvalue weighted by Gasteiger charge is 2.36. The molecule has 31 heavy (non-hydrogen) atoms. The molecule has 1 aromatic heterocycles. The van der Waals surface area contributed by atoms with Crippen LogP contribution in [0.2, 0.25) is 0 Å². The first-order chi connectivity index (χ1) is 14.8. The molecule has 9 heteroatoms. The van der Waals surface area contributed by atoms with Crippen LogP contribution in [0.25, 0.3) is 0 Å². The highest BCUT2D eigenvalue weighted by molar-refractivity contribution is 5.78. The molecule has 0 spiro atoms. The number of likely N-dealkylation sites (tertiary alicyclic amines) is 1. The molecule has 0 saturated carbocycles. The second-order valence-electron chi connectivity index (χ2n) is 8.87. The van der Waals surface area contributed by atoms with Crippen LogP contribution >= 0.6 is 0 Å². The summed E-state index contributed by atoms with van der Waals surface area (Å²) in [6.45, 7) is 7.66. The van der Waals surface area contributed by atoms with Crippen LogP contribution in [0, 0.1) is 0 Å². The van der Waals surface area contributed by atoms with Crippen LogP contribution in [-0.2, 0) is 22.6 Å². The van der Waals surface area contributed by atoms with Gasteiger partial charge in [0.25, 0.3) is 5.91 Å². The van der Waals surface area contributed by atoms with Crippen LogP contribution in [0.5, 0.6) is 5.75 Å². The molecule has 0 N–H and O–H groups in total. The van der Waals surface area contributed by atoms with Gasteiger partial charge in [-0.2, -0.15) is 0 Å². The first-order valence-corrected chi connectivity index (χ1v) is 10.7. The van der Waals surface area contributed by atoms with Crippen molar-refractivity contribution in [2.24, 2.45) is 0 Å². The van der Waals surface area contributed by atoms with E-state index in [1.807, 2.05) is 60.6 Å². The molecule has 0 radical (unpaired) electrons. The maximum Gasteiger partial charge on any atom is 0.410 e. The third kappa shape index (κ3) is 4.81. The van der Waals surface area contributed by atoms with E-state index in [0.717, 1.165) is 18.7 Å². The molecule has 2 aromatic rings. The third-order valence-corrected chi connectivity index (χ3v) is 5.41. The molecular formula is C22H29N5O4. The average molecular weight is 428 g/mol. The number of hydrogen-bond acceptors (Lipinski definition) is 6. The predicted octanol–water partition coefficient (Wildman–Crippen LogP) is 2.77. The van der Waals surface area contributed by atoms with E-state index in [1.54, 1.807) is 4.90 Å². The van der Waals surface area contributed by atoms with Crippen molar-refractivity contribution in [2.75, 3.05) is 19.7 Å². The molecule has 1 fully saturated rings. The maximum atomic E-state index is 12.8. The van der Waals surface area contributed by atoms with E-state index in [0.29, 0.717) is 37.8 Å². The van der Waals surface area contributed by atoms with Gasteiger partial charge in [0.2, 0.25) is 0 Å². The molecule has 0 bridgehead atoms. The lowest BCUT2D eigenvalue weighted by atomic mass is 10.2. The molecule has 2 aliphatic rings. The van der Waals surface area contributed by atoms with Gasteiger partial charge >= 0.3 is 6.09 Å². The number of amides is 2. The molecule has 1 aromatic carbocycles. The number of para-hydroxylation sites is 1. The summed E-state index contributed by atoms with van der Waals surface area (Å²) in [7, 11) is 0. The Kier molecular flexibility index (Phi) is 5.84. The van der Waals surface area contributed by atoms with Crippen molar-refractivity contribution in [3.05, 3.63) is 42.0 Å². The van der Waals surface area contributed by atoms with Crippen LogP contribution in [0.4, 0.5) is 4.79 Å². The first-order valence-electron chi connectivity index (χ1n) is 10.7. The van der Waals surface area contributed by atoms with Gasteiger partial charge in [0, 0.05) is 19.6 Å². The van der Waals surface area contributed by atoms with Crippen molar-refractivity contribution in [2.45, 2.75) is 58.3 Å². The Hall–Kier alpha value is -3.10. The Labute approximate surface area is 181 Å². The number of aromatic nitrogens is 3. The van der Waals surface area contributed by atoms with Gasteiger partial charge in [-0.15, -0.1) is 10.2 Å². The summed E-state index contributed by atoms with van der Waals surface area (Å²) in [4.78, 5) is 28.7. The monoisotopic (exact) mass is 427 g/mol. The third-order valence-electron chi connectivity index (χ3n) is 5.41. The summed E-state index contributed by atoms with van der Waals surface area (Å²) < 4.78 is 13.2. The molecular weight excluding hydrogens is 398 g/mol. The van der Waals surface area contributed by atoms with Crippen molar-refractivity contribution < 1.29 is 19.1 Å². The zero-order valence-electron chi connectivity index (χ0n) is 18.3.